The number of fused-ring (bicyclic) bond motifs is 5. The average molecular weight is 662 g/mol. The largest absolute Gasteiger partial charge is 0.613 e. The molecule has 0 aromatic heterocycles. The van der Waals surface area contributed by atoms with Crippen LogP contribution in [0.15, 0.2) is 11.6 Å². The van der Waals surface area contributed by atoms with E-state index in [1.807, 2.05) is 0 Å². The van der Waals surface area contributed by atoms with E-state index in [2.05, 4.69) is 44.2 Å². The van der Waals surface area contributed by atoms with E-state index in [1.165, 1.54) is 56.9 Å². The van der Waals surface area contributed by atoms with E-state index in [0.29, 0.717) is 11.8 Å². The Morgan fingerprint density at radius 1 is 1.20 bits per heavy atom. The van der Waals surface area contributed by atoms with Gasteiger partial charge in [-0.1, -0.05) is 70.1 Å². The van der Waals surface area contributed by atoms with Crippen molar-refractivity contribution in [3.05, 3.63) is 11.6 Å². The van der Waals surface area contributed by atoms with E-state index in [-0.39, 0.29) is 31.3 Å². The van der Waals surface area contributed by atoms with E-state index in [9.17, 15) is 19.6 Å². The van der Waals surface area contributed by atoms with Crippen LogP contribution in [0, 0.1) is 40.4 Å². The van der Waals surface area contributed by atoms with Gasteiger partial charge in [0.25, 0.3) is 0 Å². The van der Waals surface area contributed by atoms with Crippen molar-refractivity contribution in [1.29, 1.82) is 0 Å². The quantitative estimate of drug-likeness (QED) is 0.0757. The summed E-state index contributed by atoms with van der Waals surface area (Å²) in [6.45, 7) is 9.40. The highest BCUT2D eigenvalue weighted by atomic mass is 31.1. The number of hydrogen-bond acceptors (Lipinski definition) is 7. The van der Waals surface area contributed by atoms with Crippen LogP contribution in [-0.2, 0) is 18.6 Å². The second-order valence-electron chi connectivity index (χ2n) is 15.7. The Kier molecular flexibility index (Phi) is 12.4. The van der Waals surface area contributed by atoms with E-state index in [4.69, 9.17) is 21.8 Å². The van der Waals surface area contributed by atoms with Gasteiger partial charge in [-0.2, -0.15) is 0 Å². The maximum atomic E-state index is 12.7. The highest BCUT2D eigenvalue weighted by Gasteiger charge is 2.59. The lowest BCUT2D eigenvalue weighted by Gasteiger charge is -2.58. The number of amides is 1. The Balaban J connectivity index is 1.06. The summed E-state index contributed by atoms with van der Waals surface area (Å²) in [5.41, 5.74) is 2.15. The average Bonchev–Trinajstić information content (AvgIpc) is 3.57. The minimum absolute atomic E-state index is 0.0755. The van der Waals surface area contributed by atoms with Crippen molar-refractivity contribution in [2.24, 2.45) is 40.4 Å². The summed E-state index contributed by atoms with van der Waals surface area (Å²) < 4.78 is 28.7. The van der Waals surface area contributed by atoms with Gasteiger partial charge in [0.05, 0.1) is 24.9 Å². The molecule has 11 heteroatoms. The number of aliphatic hydroxyl groups excluding tert-OH is 2. The maximum absolute atomic E-state index is 12.7. The number of ether oxygens (including phenoxy) is 2. The van der Waals surface area contributed by atoms with Crippen molar-refractivity contribution >= 4 is 22.1 Å². The highest BCUT2D eigenvalue weighted by molar-refractivity contribution is 7.36. The smallest absolute Gasteiger partial charge is 0.446 e. The summed E-state index contributed by atoms with van der Waals surface area (Å²) in [5.74, 6) is 4.02. The van der Waals surface area contributed by atoms with Gasteiger partial charge >= 0.3 is 14.3 Å². The third-order valence-electron chi connectivity index (χ3n) is 13.0. The van der Waals surface area contributed by atoms with Gasteiger partial charge in [-0.3, -0.25) is 0 Å². The number of carbonyl (C=O) groups excluding carboxylic acids is 1. The predicted molar refractivity (Wildman–Crippen MR) is 179 cm³/mol. The van der Waals surface area contributed by atoms with E-state index >= 15 is 0 Å². The Morgan fingerprint density at radius 2 is 2.00 bits per heavy atom. The molecule has 1 amide bonds. The summed E-state index contributed by atoms with van der Waals surface area (Å²) in [6, 6.07) is -0.945. The Hall–Kier alpha value is -1.03. The lowest BCUT2D eigenvalue weighted by Crippen LogP contribution is -2.51. The lowest BCUT2D eigenvalue weighted by atomic mass is 9.47. The first-order valence-electron chi connectivity index (χ1n) is 18.2. The number of aliphatic hydroxyl groups is 2. The molecule has 0 bridgehead atoms. The number of rotatable bonds is 14. The normalized spacial score (nSPS) is 40.2. The third-order valence-corrected chi connectivity index (χ3v) is 13.9. The molecule has 13 atom stereocenters. The molecular weight excluding hydrogens is 602 g/mol. The van der Waals surface area contributed by atoms with Crippen molar-refractivity contribution in [2.45, 2.75) is 142 Å². The number of nitrogens with one attached hydrogen (secondary N) is 2. The summed E-state index contributed by atoms with van der Waals surface area (Å²) >= 11 is 0. The molecule has 1 aliphatic heterocycles. The highest BCUT2D eigenvalue weighted by Crippen LogP contribution is 2.67. The van der Waals surface area contributed by atoms with Gasteiger partial charge in [-0.15, -0.1) is 4.52 Å². The molecule has 1 saturated heterocycles. The first-order valence-corrected chi connectivity index (χ1v) is 19.4. The fraction of sp³-hybridized carbons (Fsp3) is 0.914. The van der Waals surface area contributed by atoms with Gasteiger partial charge in [0, 0.05) is 19.0 Å². The van der Waals surface area contributed by atoms with Crippen molar-refractivity contribution in [2.75, 3.05) is 19.8 Å². The van der Waals surface area contributed by atoms with Crippen LogP contribution in [0.1, 0.15) is 111 Å². The standard InChI is InChI=1S/C35H58BN2O7P/c1-5-6-7-8-22(2)27-11-12-28-26-10-9-23-17-25(13-15-34(23,3)29(26)14-16-35(27,28)4)44-33(41)37-19-24(40)21-43-46(42)38-30-18-32(36)45-31(30)20-39/h9,22,24-32,39-40H,5-8,10-21H2,1-4H3,(H-,37,38,41,42)/p+1/t22?,24?,25?,26?,27?,28?,29?,30?,31-,32-,34?,35?/m1/s1. The maximum Gasteiger partial charge on any atom is 0.613 e. The van der Waals surface area contributed by atoms with Gasteiger partial charge < -0.3 is 25.0 Å². The molecule has 5 rings (SSSR count). The number of carbonyl (C=O) groups is 1. The summed E-state index contributed by atoms with van der Waals surface area (Å²) in [5, 5.41) is 25.0. The fourth-order valence-corrected chi connectivity index (χ4v) is 11.4. The zero-order valence-corrected chi connectivity index (χ0v) is 29.5. The van der Waals surface area contributed by atoms with Crippen molar-refractivity contribution < 1.29 is 33.6 Å². The number of hydrogen-bond donors (Lipinski definition) is 4. The first-order chi connectivity index (χ1) is 22.0. The van der Waals surface area contributed by atoms with Crippen molar-refractivity contribution in [1.82, 2.24) is 10.4 Å². The molecule has 4 aliphatic carbocycles. The molecule has 0 aromatic rings. The van der Waals surface area contributed by atoms with Crippen LogP contribution < -0.4 is 10.4 Å². The first kappa shape index (κ1) is 36.3. The minimum atomic E-state index is -2.31. The molecule has 3 saturated carbocycles. The predicted octanol–water partition coefficient (Wildman–Crippen LogP) is 6.15. The SMILES string of the molecule is [B][C@H]1CC(N[P+](=O)OCC(O)CNC(=O)OC2CCC3(C)C(=CCC4C3CCC3(C)C(C(C)CCCCC)CCC43)C2)[C@@H](CO)O1. The summed E-state index contributed by atoms with van der Waals surface area (Å²) in [4.78, 5) is 12.7. The van der Waals surface area contributed by atoms with Crippen LogP contribution in [0.2, 0.25) is 0 Å². The lowest BCUT2D eigenvalue weighted by molar-refractivity contribution is -0.0581. The molecule has 11 unspecified atom stereocenters. The van der Waals surface area contributed by atoms with Gasteiger partial charge in [-0.05, 0) is 96.4 Å². The van der Waals surface area contributed by atoms with Crippen LogP contribution in [0.5, 0.6) is 0 Å². The zero-order valence-electron chi connectivity index (χ0n) is 28.6. The summed E-state index contributed by atoms with van der Waals surface area (Å²) in [6.07, 6.45) is 15.3. The molecule has 9 nitrogen and oxygen atoms in total. The second-order valence-corrected chi connectivity index (χ2v) is 16.7. The third kappa shape index (κ3) is 7.89. The van der Waals surface area contributed by atoms with Crippen LogP contribution in [0.25, 0.3) is 0 Å². The molecule has 0 aromatic carbocycles. The van der Waals surface area contributed by atoms with E-state index < -0.39 is 38.5 Å². The fourth-order valence-electron chi connectivity index (χ4n) is 10.5. The Labute approximate surface area is 279 Å². The number of unbranched alkanes of at least 4 members (excludes halogenated alkanes) is 2. The molecule has 4 fully saturated rings. The van der Waals surface area contributed by atoms with Gasteiger partial charge in [0.2, 0.25) is 0 Å². The molecule has 258 valence electrons. The number of alkyl carbamates (subject to hydrolysis) is 1. The second kappa shape index (κ2) is 15.7. The molecule has 5 aliphatic rings. The molecule has 46 heavy (non-hydrogen) atoms. The molecule has 1 heterocycles. The van der Waals surface area contributed by atoms with Crippen molar-refractivity contribution in [3.8, 4) is 0 Å². The molecule has 2 radical (unpaired) electrons. The molecule has 4 N–H and O–H groups in total. The van der Waals surface area contributed by atoms with E-state index in [1.54, 1.807) is 0 Å². The van der Waals surface area contributed by atoms with Crippen LogP contribution >= 0.6 is 8.18 Å². The van der Waals surface area contributed by atoms with Gasteiger partial charge in [-0.25, -0.2) is 4.79 Å². The molecular formula is C35H59BN2O7P+. The van der Waals surface area contributed by atoms with Crippen LogP contribution in [0.3, 0.4) is 0 Å². The zero-order chi connectivity index (χ0) is 33.1. The van der Waals surface area contributed by atoms with Gasteiger partial charge in [0.1, 0.15) is 20.6 Å². The summed E-state index contributed by atoms with van der Waals surface area (Å²) in [7, 11) is 3.43. The van der Waals surface area contributed by atoms with Crippen LogP contribution in [0.4, 0.5) is 4.79 Å². The van der Waals surface area contributed by atoms with Gasteiger partial charge in [0.15, 0.2) is 0 Å². The topological polar surface area (TPSA) is 126 Å². The Bertz CT molecular complexity index is 1100. The Morgan fingerprint density at radius 3 is 2.76 bits per heavy atom. The van der Waals surface area contributed by atoms with Crippen LogP contribution in [-0.4, -0.2) is 74.3 Å². The molecule has 0 spiro atoms. The minimum Gasteiger partial charge on any atom is -0.446 e. The van der Waals surface area contributed by atoms with Crippen molar-refractivity contribution in [3.63, 3.8) is 0 Å². The number of allylic oxidation sites excluding steroid dienone is 1. The monoisotopic (exact) mass is 661 g/mol. The van der Waals surface area contributed by atoms with E-state index in [0.717, 1.165) is 55.3 Å².